The number of rotatable bonds is 2. The van der Waals surface area contributed by atoms with Crippen LogP contribution in [0.4, 0.5) is 0 Å². The number of hydrogen-bond acceptors (Lipinski definition) is 4. The number of carbonyl (C=O) groups is 1. The van der Waals surface area contributed by atoms with Crippen LogP contribution in [-0.2, 0) is 9.53 Å². The third-order valence-electron chi connectivity index (χ3n) is 4.24. The van der Waals surface area contributed by atoms with Crippen LogP contribution in [0.15, 0.2) is 0 Å². The summed E-state index contributed by atoms with van der Waals surface area (Å²) in [4.78, 5) is 16.9. The van der Waals surface area contributed by atoms with Crippen molar-refractivity contribution in [3.05, 3.63) is 0 Å². The number of nitrogens with zero attached hydrogens (tertiary/aromatic N) is 2. The van der Waals surface area contributed by atoms with E-state index in [4.69, 9.17) is 4.74 Å². The highest BCUT2D eigenvalue weighted by Gasteiger charge is 2.41. The fourth-order valence-corrected chi connectivity index (χ4v) is 3.18. The zero-order chi connectivity index (χ0) is 11.0. The number of morpholine rings is 1. The highest BCUT2D eigenvalue weighted by atomic mass is 16.5. The number of ketones is 1. The zero-order valence-electron chi connectivity index (χ0n) is 9.73. The summed E-state index contributed by atoms with van der Waals surface area (Å²) in [6.07, 6.45) is 2.19. The smallest absolute Gasteiger partial charge is 0.154 e. The molecular weight excluding hydrogens is 204 g/mol. The van der Waals surface area contributed by atoms with Crippen molar-refractivity contribution in [2.45, 2.75) is 18.9 Å². The molecule has 16 heavy (non-hydrogen) atoms. The van der Waals surface area contributed by atoms with E-state index < -0.39 is 0 Å². The van der Waals surface area contributed by atoms with Gasteiger partial charge in [-0.1, -0.05) is 0 Å². The minimum Gasteiger partial charge on any atom is -0.379 e. The SMILES string of the molecule is O=C1C2CCN(CC2)C1CN1CCOCC1. The standard InChI is InChI=1S/C12H20N2O2/c15-12-10-1-3-14(4-2-10)11(12)9-13-5-7-16-8-6-13/h10-11H,1-9H2. The highest BCUT2D eigenvalue weighted by molar-refractivity contribution is 5.88. The third kappa shape index (κ3) is 1.90. The van der Waals surface area contributed by atoms with Crippen LogP contribution in [0.2, 0.25) is 0 Å². The van der Waals surface area contributed by atoms with Crippen LogP contribution in [0.1, 0.15) is 12.8 Å². The average Bonchev–Trinajstić information content (AvgIpc) is 2.36. The lowest BCUT2D eigenvalue weighted by Crippen LogP contribution is -2.59. The summed E-state index contributed by atoms with van der Waals surface area (Å²) in [5, 5.41) is 0. The lowest BCUT2D eigenvalue weighted by Gasteiger charge is -2.45. The van der Waals surface area contributed by atoms with Crippen molar-refractivity contribution in [2.75, 3.05) is 45.9 Å². The van der Waals surface area contributed by atoms with Crippen LogP contribution in [0.25, 0.3) is 0 Å². The average molecular weight is 224 g/mol. The molecule has 4 fully saturated rings. The molecule has 0 amide bonds. The topological polar surface area (TPSA) is 32.8 Å². The molecule has 4 heterocycles. The summed E-state index contributed by atoms with van der Waals surface area (Å²) in [5.41, 5.74) is 0. The Morgan fingerprint density at radius 3 is 2.44 bits per heavy atom. The molecule has 0 N–H and O–H groups in total. The number of Topliss-reactive ketones (excluding diaryl/α,β-unsaturated/α-hetero) is 1. The third-order valence-corrected chi connectivity index (χ3v) is 4.24. The van der Waals surface area contributed by atoms with Crippen LogP contribution >= 0.6 is 0 Å². The summed E-state index contributed by atoms with van der Waals surface area (Å²) >= 11 is 0. The molecule has 0 radical (unpaired) electrons. The van der Waals surface area contributed by atoms with E-state index in [0.717, 1.165) is 58.8 Å². The number of piperidine rings is 3. The molecule has 0 aliphatic carbocycles. The second kappa shape index (κ2) is 4.43. The van der Waals surface area contributed by atoms with Crippen molar-refractivity contribution >= 4 is 5.78 Å². The van der Waals surface area contributed by atoms with Gasteiger partial charge in [0.25, 0.3) is 0 Å². The van der Waals surface area contributed by atoms with E-state index >= 15 is 0 Å². The Bertz CT molecular complexity index is 268. The van der Waals surface area contributed by atoms with Crippen LogP contribution in [-0.4, -0.2) is 67.6 Å². The minimum atomic E-state index is 0.186. The van der Waals surface area contributed by atoms with Gasteiger partial charge in [0.2, 0.25) is 0 Å². The van der Waals surface area contributed by atoms with E-state index in [2.05, 4.69) is 9.80 Å². The first kappa shape index (κ1) is 10.7. The van der Waals surface area contributed by atoms with E-state index in [-0.39, 0.29) is 6.04 Å². The fraction of sp³-hybridized carbons (Fsp3) is 0.917. The summed E-state index contributed by atoms with van der Waals surface area (Å²) < 4.78 is 5.34. The molecule has 0 aromatic rings. The maximum Gasteiger partial charge on any atom is 0.154 e. The summed E-state index contributed by atoms with van der Waals surface area (Å²) in [6.45, 7) is 6.81. The molecule has 0 spiro atoms. The molecule has 4 heteroatoms. The maximum atomic E-state index is 12.2. The van der Waals surface area contributed by atoms with Crippen LogP contribution in [0, 0.1) is 5.92 Å². The molecule has 2 bridgehead atoms. The fourth-order valence-electron chi connectivity index (χ4n) is 3.18. The highest BCUT2D eigenvalue weighted by Crippen LogP contribution is 2.29. The molecule has 1 atom stereocenters. The Balaban J connectivity index is 1.63. The van der Waals surface area contributed by atoms with Crippen LogP contribution in [0.5, 0.6) is 0 Å². The maximum absolute atomic E-state index is 12.2. The second-order valence-corrected chi connectivity index (χ2v) is 5.14. The monoisotopic (exact) mass is 224 g/mol. The normalized spacial score (nSPS) is 40.2. The lowest BCUT2D eigenvalue weighted by atomic mass is 9.82. The van der Waals surface area contributed by atoms with E-state index in [9.17, 15) is 4.79 Å². The molecule has 4 nitrogen and oxygen atoms in total. The van der Waals surface area contributed by atoms with E-state index in [1.54, 1.807) is 0 Å². The number of fused-ring (bicyclic) bond motifs is 3. The van der Waals surface area contributed by atoms with Crippen molar-refractivity contribution in [1.29, 1.82) is 0 Å². The van der Waals surface area contributed by atoms with Crippen LogP contribution < -0.4 is 0 Å². The van der Waals surface area contributed by atoms with Gasteiger partial charge >= 0.3 is 0 Å². The Morgan fingerprint density at radius 2 is 1.81 bits per heavy atom. The molecule has 4 aliphatic heterocycles. The van der Waals surface area contributed by atoms with Crippen molar-refractivity contribution < 1.29 is 9.53 Å². The van der Waals surface area contributed by atoms with Gasteiger partial charge in [-0.3, -0.25) is 14.6 Å². The van der Waals surface area contributed by atoms with Gasteiger partial charge in [0.15, 0.2) is 5.78 Å². The lowest BCUT2D eigenvalue weighted by molar-refractivity contribution is -0.138. The van der Waals surface area contributed by atoms with E-state index in [1.807, 2.05) is 0 Å². The van der Waals surface area contributed by atoms with Gasteiger partial charge in [0, 0.05) is 25.6 Å². The number of carbonyl (C=O) groups excluding carboxylic acids is 1. The first-order chi connectivity index (χ1) is 7.84. The predicted octanol–water partition coefficient (Wildman–Crippen LogP) is -0.0181. The van der Waals surface area contributed by atoms with Gasteiger partial charge in [-0.15, -0.1) is 0 Å². The Labute approximate surface area is 96.5 Å². The minimum absolute atomic E-state index is 0.186. The van der Waals surface area contributed by atoms with Gasteiger partial charge in [0.1, 0.15) is 0 Å². The van der Waals surface area contributed by atoms with Crippen LogP contribution in [0.3, 0.4) is 0 Å². The summed E-state index contributed by atoms with van der Waals surface area (Å²) in [7, 11) is 0. The van der Waals surface area contributed by atoms with E-state index in [0.29, 0.717) is 11.7 Å². The van der Waals surface area contributed by atoms with Crippen molar-refractivity contribution in [3.63, 3.8) is 0 Å². The van der Waals surface area contributed by atoms with Gasteiger partial charge in [-0.2, -0.15) is 0 Å². The molecule has 4 saturated heterocycles. The molecule has 4 rings (SSSR count). The van der Waals surface area contributed by atoms with Gasteiger partial charge in [-0.25, -0.2) is 0 Å². The molecule has 0 saturated carbocycles. The van der Waals surface area contributed by atoms with Crippen molar-refractivity contribution in [3.8, 4) is 0 Å². The number of hydrogen-bond donors (Lipinski definition) is 0. The molecule has 0 aromatic heterocycles. The first-order valence-corrected chi connectivity index (χ1v) is 6.42. The quantitative estimate of drug-likeness (QED) is 0.660. The Kier molecular flexibility index (Phi) is 2.96. The summed E-state index contributed by atoms with van der Waals surface area (Å²) in [5.74, 6) is 0.875. The van der Waals surface area contributed by atoms with Crippen molar-refractivity contribution in [2.24, 2.45) is 5.92 Å². The molecule has 1 unspecified atom stereocenters. The zero-order valence-corrected chi connectivity index (χ0v) is 9.73. The molecule has 90 valence electrons. The molecular formula is C12H20N2O2. The Morgan fingerprint density at radius 1 is 1.12 bits per heavy atom. The Hall–Kier alpha value is -0.450. The number of ether oxygens (including phenoxy) is 1. The van der Waals surface area contributed by atoms with Gasteiger partial charge in [0.05, 0.1) is 19.3 Å². The first-order valence-electron chi connectivity index (χ1n) is 6.42. The van der Waals surface area contributed by atoms with Gasteiger partial charge in [-0.05, 0) is 25.9 Å². The largest absolute Gasteiger partial charge is 0.379 e. The summed E-state index contributed by atoms with van der Waals surface area (Å²) in [6, 6.07) is 0.186. The van der Waals surface area contributed by atoms with E-state index in [1.165, 1.54) is 0 Å². The second-order valence-electron chi connectivity index (χ2n) is 5.14. The van der Waals surface area contributed by atoms with Gasteiger partial charge < -0.3 is 4.74 Å². The molecule has 0 aromatic carbocycles. The van der Waals surface area contributed by atoms with Crippen molar-refractivity contribution in [1.82, 2.24) is 9.80 Å². The molecule has 4 aliphatic rings. The predicted molar refractivity (Wildman–Crippen MR) is 60.4 cm³/mol.